The van der Waals surface area contributed by atoms with Crippen molar-refractivity contribution in [3.05, 3.63) is 63.6 Å². The van der Waals surface area contributed by atoms with Gasteiger partial charge in [0, 0.05) is 10.7 Å². The van der Waals surface area contributed by atoms with E-state index in [1.807, 2.05) is 13.2 Å². The molecule has 2 atom stereocenters. The van der Waals surface area contributed by atoms with E-state index in [1.165, 1.54) is 18.7 Å². The summed E-state index contributed by atoms with van der Waals surface area (Å²) in [7, 11) is 0. The highest BCUT2D eigenvalue weighted by atomic mass is 35.5. The standard InChI is InChI=1S/C22H24Cl2N2O4S/c1-13-8-9-15(23)12-19(13)26-20(27)14(2)30-22(29)18(10-11-31-3)25-21(28)16-6-4-5-7-17(16)24/h4-9,12,14,18H,10-11H2,1-3H3,(H,25,28)(H,26,27). The van der Waals surface area contributed by atoms with E-state index < -0.39 is 29.9 Å². The molecule has 0 heterocycles. The fourth-order valence-electron chi connectivity index (χ4n) is 2.64. The van der Waals surface area contributed by atoms with Crippen molar-refractivity contribution in [2.24, 2.45) is 0 Å². The maximum absolute atomic E-state index is 12.7. The average molecular weight is 483 g/mol. The number of carbonyl (C=O) groups is 3. The van der Waals surface area contributed by atoms with Crippen LogP contribution >= 0.6 is 35.0 Å². The molecule has 2 N–H and O–H groups in total. The van der Waals surface area contributed by atoms with Gasteiger partial charge in [-0.2, -0.15) is 11.8 Å². The summed E-state index contributed by atoms with van der Waals surface area (Å²) in [6.45, 7) is 3.29. The SMILES string of the molecule is CSCCC(NC(=O)c1ccccc1Cl)C(=O)OC(C)C(=O)Nc1cc(Cl)ccc1C. The molecule has 0 aliphatic carbocycles. The number of rotatable bonds is 9. The third-order valence-electron chi connectivity index (χ3n) is 4.44. The maximum Gasteiger partial charge on any atom is 0.329 e. The first-order valence-electron chi connectivity index (χ1n) is 9.54. The number of ether oxygens (including phenoxy) is 1. The largest absolute Gasteiger partial charge is 0.451 e. The Hall–Kier alpha value is -2.22. The lowest BCUT2D eigenvalue weighted by atomic mass is 10.1. The van der Waals surface area contributed by atoms with E-state index in [0.717, 1.165) is 5.56 Å². The Morgan fingerprint density at radius 3 is 2.52 bits per heavy atom. The van der Waals surface area contributed by atoms with Crippen LogP contribution in [-0.2, 0) is 14.3 Å². The lowest BCUT2D eigenvalue weighted by Crippen LogP contribution is -2.44. The van der Waals surface area contributed by atoms with Gasteiger partial charge in [0.05, 0.1) is 10.6 Å². The highest BCUT2D eigenvalue weighted by molar-refractivity contribution is 7.98. The zero-order valence-corrected chi connectivity index (χ0v) is 19.7. The minimum absolute atomic E-state index is 0.258. The lowest BCUT2D eigenvalue weighted by molar-refractivity contribution is -0.155. The number of nitrogens with one attached hydrogen (secondary N) is 2. The second-order valence-electron chi connectivity index (χ2n) is 6.81. The van der Waals surface area contributed by atoms with Crippen LogP contribution in [0, 0.1) is 6.92 Å². The Kier molecular flexibility index (Phi) is 9.68. The molecule has 166 valence electrons. The number of hydrogen-bond acceptors (Lipinski definition) is 5. The maximum atomic E-state index is 12.7. The predicted molar refractivity (Wildman–Crippen MR) is 126 cm³/mol. The van der Waals surface area contributed by atoms with Crippen LogP contribution in [0.2, 0.25) is 10.0 Å². The molecular formula is C22H24Cl2N2O4S. The van der Waals surface area contributed by atoms with Crippen LogP contribution < -0.4 is 10.6 Å². The third kappa shape index (κ3) is 7.45. The van der Waals surface area contributed by atoms with Gasteiger partial charge in [0.15, 0.2) is 6.10 Å². The van der Waals surface area contributed by atoms with Gasteiger partial charge in [-0.3, -0.25) is 9.59 Å². The van der Waals surface area contributed by atoms with Gasteiger partial charge in [-0.05, 0) is 62.1 Å². The van der Waals surface area contributed by atoms with Gasteiger partial charge in [0.1, 0.15) is 6.04 Å². The smallest absolute Gasteiger partial charge is 0.329 e. The molecule has 2 amide bonds. The summed E-state index contributed by atoms with van der Waals surface area (Å²) in [5, 5.41) is 6.12. The fourth-order valence-corrected chi connectivity index (χ4v) is 3.50. The molecule has 9 heteroatoms. The molecule has 31 heavy (non-hydrogen) atoms. The summed E-state index contributed by atoms with van der Waals surface area (Å²) >= 11 is 13.6. The zero-order valence-electron chi connectivity index (χ0n) is 17.4. The van der Waals surface area contributed by atoms with Crippen LogP contribution in [-0.4, -0.2) is 41.9 Å². The molecule has 0 aliphatic rings. The van der Waals surface area contributed by atoms with Crippen molar-refractivity contribution >= 4 is 58.4 Å². The molecular weight excluding hydrogens is 459 g/mol. The van der Waals surface area contributed by atoms with Crippen molar-refractivity contribution in [3.8, 4) is 0 Å². The molecule has 0 saturated carbocycles. The van der Waals surface area contributed by atoms with E-state index in [1.54, 1.807) is 42.5 Å². The number of anilines is 1. The van der Waals surface area contributed by atoms with E-state index in [9.17, 15) is 14.4 Å². The summed E-state index contributed by atoms with van der Waals surface area (Å²) in [5.74, 6) is -1.06. The topological polar surface area (TPSA) is 84.5 Å². The highest BCUT2D eigenvalue weighted by Gasteiger charge is 2.27. The number of benzene rings is 2. The van der Waals surface area contributed by atoms with E-state index in [4.69, 9.17) is 27.9 Å². The Labute approximate surface area is 196 Å². The van der Waals surface area contributed by atoms with Crippen LogP contribution in [0.1, 0.15) is 29.3 Å². The molecule has 0 radical (unpaired) electrons. The van der Waals surface area contributed by atoms with Crippen molar-refractivity contribution in [3.63, 3.8) is 0 Å². The summed E-state index contributed by atoms with van der Waals surface area (Å²) in [6.07, 6.45) is 1.17. The molecule has 2 rings (SSSR count). The molecule has 0 spiro atoms. The Morgan fingerprint density at radius 1 is 1.13 bits per heavy atom. The molecule has 2 aromatic carbocycles. The Balaban J connectivity index is 2.05. The molecule has 2 aromatic rings. The Morgan fingerprint density at radius 2 is 1.84 bits per heavy atom. The van der Waals surface area contributed by atoms with Gasteiger partial charge < -0.3 is 15.4 Å². The fraction of sp³-hybridized carbons (Fsp3) is 0.318. The first-order valence-corrected chi connectivity index (χ1v) is 11.7. The van der Waals surface area contributed by atoms with Crippen molar-refractivity contribution in [2.45, 2.75) is 32.4 Å². The number of halogens is 2. The number of aryl methyl sites for hydroxylation is 1. The van der Waals surface area contributed by atoms with E-state index in [-0.39, 0.29) is 10.6 Å². The third-order valence-corrected chi connectivity index (χ3v) is 5.65. The molecule has 0 aliphatic heterocycles. The second-order valence-corrected chi connectivity index (χ2v) is 8.64. The number of amides is 2. The molecule has 0 saturated heterocycles. The number of thioether (sulfide) groups is 1. The summed E-state index contributed by atoms with van der Waals surface area (Å²) in [6, 6.07) is 10.7. The molecule has 2 unspecified atom stereocenters. The second kappa shape index (κ2) is 12.0. The minimum Gasteiger partial charge on any atom is -0.451 e. The van der Waals surface area contributed by atoms with Crippen molar-refractivity contribution < 1.29 is 19.1 Å². The average Bonchev–Trinajstić information content (AvgIpc) is 2.73. The first-order chi connectivity index (χ1) is 14.7. The predicted octanol–water partition coefficient (Wildman–Crippen LogP) is 4.72. The van der Waals surface area contributed by atoms with Gasteiger partial charge in [-0.1, -0.05) is 41.4 Å². The van der Waals surface area contributed by atoms with E-state index in [0.29, 0.717) is 22.9 Å². The first kappa shape index (κ1) is 25.0. The van der Waals surface area contributed by atoms with Gasteiger partial charge >= 0.3 is 5.97 Å². The molecule has 0 aromatic heterocycles. The molecule has 6 nitrogen and oxygen atoms in total. The van der Waals surface area contributed by atoms with Gasteiger partial charge in [0.25, 0.3) is 11.8 Å². The van der Waals surface area contributed by atoms with E-state index >= 15 is 0 Å². The van der Waals surface area contributed by atoms with Gasteiger partial charge in [-0.25, -0.2) is 4.79 Å². The van der Waals surface area contributed by atoms with Gasteiger partial charge in [0.2, 0.25) is 0 Å². The summed E-state index contributed by atoms with van der Waals surface area (Å²) in [5.41, 5.74) is 1.61. The van der Waals surface area contributed by atoms with E-state index in [2.05, 4.69) is 10.6 Å². The van der Waals surface area contributed by atoms with Crippen LogP contribution in [0.4, 0.5) is 5.69 Å². The zero-order chi connectivity index (χ0) is 23.0. The normalized spacial score (nSPS) is 12.5. The summed E-state index contributed by atoms with van der Waals surface area (Å²) < 4.78 is 5.34. The van der Waals surface area contributed by atoms with Gasteiger partial charge in [-0.15, -0.1) is 0 Å². The molecule has 0 fully saturated rings. The number of carbonyl (C=O) groups excluding carboxylic acids is 3. The monoisotopic (exact) mass is 482 g/mol. The van der Waals surface area contributed by atoms with Crippen molar-refractivity contribution in [1.82, 2.24) is 5.32 Å². The highest BCUT2D eigenvalue weighted by Crippen LogP contribution is 2.21. The van der Waals surface area contributed by atoms with Crippen LogP contribution in [0.5, 0.6) is 0 Å². The Bertz CT molecular complexity index is 955. The summed E-state index contributed by atoms with van der Waals surface area (Å²) in [4.78, 5) is 37.8. The van der Waals surface area contributed by atoms with Crippen molar-refractivity contribution in [1.29, 1.82) is 0 Å². The quantitative estimate of drug-likeness (QED) is 0.504. The number of hydrogen-bond donors (Lipinski definition) is 2. The number of esters is 1. The van der Waals surface area contributed by atoms with Crippen LogP contribution in [0.25, 0.3) is 0 Å². The van der Waals surface area contributed by atoms with Crippen LogP contribution in [0.3, 0.4) is 0 Å². The minimum atomic E-state index is -1.07. The van der Waals surface area contributed by atoms with Crippen LogP contribution in [0.15, 0.2) is 42.5 Å². The lowest BCUT2D eigenvalue weighted by Gasteiger charge is -2.21. The molecule has 0 bridgehead atoms. The van der Waals surface area contributed by atoms with Crippen molar-refractivity contribution in [2.75, 3.05) is 17.3 Å².